The largest absolute Gasteiger partial charge is 0.464 e. The van der Waals surface area contributed by atoms with E-state index in [-0.39, 0.29) is 6.09 Å². The number of benzene rings is 1. The third-order valence-electron chi connectivity index (χ3n) is 5.43. The maximum absolute atomic E-state index is 12.6. The molecule has 4 rings (SSSR count). The van der Waals surface area contributed by atoms with Gasteiger partial charge >= 0.3 is 12.1 Å². The van der Waals surface area contributed by atoms with Gasteiger partial charge in [0.15, 0.2) is 5.69 Å². The summed E-state index contributed by atoms with van der Waals surface area (Å²) in [5, 5.41) is 3.38. The zero-order chi connectivity index (χ0) is 22.9. The minimum absolute atomic E-state index is 0.301. The molecule has 0 saturated heterocycles. The summed E-state index contributed by atoms with van der Waals surface area (Å²) in [6.07, 6.45) is 3.85. The lowest BCUT2D eigenvalue weighted by Crippen LogP contribution is -2.40. The standard InChI is InChI=1S/C24H28N4O4/c1-24(2,3)32-23(30)27-12-10-16-6-5-7-17(18(16)15-27)14-26-19-8-9-20-25-11-13-28(20)21(19)22(29)31-4/h5-9,11,13,26H,10,12,14-15H2,1-4H3. The predicted molar refractivity (Wildman–Crippen MR) is 121 cm³/mol. The van der Waals surface area contributed by atoms with Gasteiger partial charge in [0.1, 0.15) is 11.2 Å². The summed E-state index contributed by atoms with van der Waals surface area (Å²) in [4.78, 5) is 31.0. The van der Waals surface area contributed by atoms with Crippen LogP contribution in [0.5, 0.6) is 0 Å². The molecule has 0 spiro atoms. The summed E-state index contributed by atoms with van der Waals surface area (Å²) in [7, 11) is 1.36. The van der Waals surface area contributed by atoms with E-state index in [1.54, 1.807) is 21.7 Å². The van der Waals surface area contributed by atoms with E-state index in [0.717, 1.165) is 17.5 Å². The molecule has 0 atom stereocenters. The summed E-state index contributed by atoms with van der Waals surface area (Å²) >= 11 is 0. The number of aromatic nitrogens is 2. The third kappa shape index (κ3) is 4.39. The number of carbonyl (C=O) groups excluding carboxylic acids is 2. The Hall–Kier alpha value is -3.55. The van der Waals surface area contributed by atoms with Crippen molar-refractivity contribution in [3.05, 3.63) is 65.1 Å². The van der Waals surface area contributed by atoms with Crippen molar-refractivity contribution in [2.45, 2.75) is 45.9 Å². The minimum atomic E-state index is -0.533. The summed E-state index contributed by atoms with van der Waals surface area (Å²) in [5.41, 5.74) is 4.58. The topological polar surface area (TPSA) is 85.2 Å². The molecule has 1 aliphatic rings. The lowest BCUT2D eigenvalue weighted by molar-refractivity contribution is 0.0223. The highest BCUT2D eigenvalue weighted by Gasteiger charge is 2.27. The second-order valence-corrected chi connectivity index (χ2v) is 8.80. The van der Waals surface area contributed by atoms with Gasteiger partial charge in [0.25, 0.3) is 0 Å². The molecule has 1 aromatic carbocycles. The maximum atomic E-state index is 12.6. The van der Waals surface area contributed by atoms with Gasteiger partial charge in [-0.05, 0) is 56.0 Å². The van der Waals surface area contributed by atoms with Crippen LogP contribution in [0.3, 0.4) is 0 Å². The molecule has 0 bridgehead atoms. The first-order chi connectivity index (χ1) is 15.3. The summed E-state index contributed by atoms with van der Waals surface area (Å²) in [6, 6.07) is 9.84. The highest BCUT2D eigenvalue weighted by Crippen LogP contribution is 2.26. The van der Waals surface area contributed by atoms with Crippen molar-refractivity contribution >= 4 is 23.4 Å². The van der Waals surface area contributed by atoms with Crippen LogP contribution in [0.2, 0.25) is 0 Å². The lowest BCUT2D eigenvalue weighted by Gasteiger charge is -2.32. The van der Waals surface area contributed by atoms with Gasteiger partial charge in [-0.25, -0.2) is 14.6 Å². The number of nitrogens with zero attached hydrogens (tertiary/aromatic N) is 3. The number of anilines is 1. The Morgan fingerprint density at radius 2 is 2.00 bits per heavy atom. The van der Waals surface area contributed by atoms with Crippen molar-refractivity contribution in [2.75, 3.05) is 19.0 Å². The number of nitrogens with one attached hydrogen (secondary N) is 1. The van der Waals surface area contributed by atoms with E-state index < -0.39 is 11.6 Å². The molecule has 3 aromatic rings. The fraction of sp³-hybridized carbons (Fsp3) is 0.375. The van der Waals surface area contributed by atoms with Crippen molar-refractivity contribution in [3.63, 3.8) is 0 Å². The highest BCUT2D eigenvalue weighted by atomic mass is 16.6. The highest BCUT2D eigenvalue weighted by molar-refractivity contribution is 5.94. The molecule has 2 aromatic heterocycles. The van der Waals surface area contributed by atoms with Crippen LogP contribution in [0.15, 0.2) is 42.7 Å². The quantitative estimate of drug-likeness (QED) is 0.622. The molecule has 0 saturated carbocycles. The molecule has 3 heterocycles. The van der Waals surface area contributed by atoms with Crippen LogP contribution in [0.1, 0.15) is 48.0 Å². The number of hydrogen-bond acceptors (Lipinski definition) is 6. The average molecular weight is 437 g/mol. The third-order valence-corrected chi connectivity index (χ3v) is 5.43. The van der Waals surface area contributed by atoms with Crippen LogP contribution in [0, 0.1) is 0 Å². The van der Waals surface area contributed by atoms with E-state index in [4.69, 9.17) is 9.47 Å². The molecule has 8 nitrogen and oxygen atoms in total. The van der Waals surface area contributed by atoms with Gasteiger partial charge in [0.2, 0.25) is 0 Å². The van der Waals surface area contributed by atoms with Crippen LogP contribution >= 0.6 is 0 Å². The molecule has 1 N–H and O–H groups in total. The van der Waals surface area contributed by atoms with E-state index in [2.05, 4.69) is 16.4 Å². The van der Waals surface area contributed by atoms with Gasteiger partial charge in [-0.2, -0.15) is 0 Å². The second kappa shape index (κ2) is 8.53. The molecular weight excluding hydrogens is 408 g/mol. The number of carbonyl (C=O) groups is 2. The molecule has 0 aliphatic carbocycles. The number of ether oxygens (including phenoxy) is 2. The first-order valence-corrected chi connectivity index (χ1v) is 10.6. The summed E-state index contributed by atoms with van der Waals surface area (Å²) in [5.74, 6) is -0.442. The maximum Gasteiger partial charge on any atom is 0.410 e. The van der Waals surface area contributed by atoms with Crippen LogP contribution in [-0.4, -0.2) is 45.6 Å². The monoisotopic (exact) mass is 436 g/mol. The minimum Gasteiger partial charge on any atom is -0.464 e. The SMILES string of the molecule is COC(=O)c1c(NCc2cccc3c2CN(C(=O)OC(C)(C)C)CC3)ccc2nccn12. The number of esters is 1. The Balaban J connectivity index is 1.58. The Morgan fingerprint density at radius 1 is 1.19 bits per heavy atom. The number of hydrogen-bond donors (Lipinski definition) is 1. The fourth-order valence-electron chi connectivity index (χ4n) is 3.93. The first-order valence-electron chi connectivity index (χ1n) is 10.6. The van der Waals surface area contributed by atoms with Gasteiger partial charge in [0, 0.05) is 32.0 Å². The van der Waals surface area contributed by atoms with Crippen molar-refractivity contribution in [2.24, 2.45) is 0 Å². The van der Waals surface area contributed by atoms with Crippen LogP contribution < -0.4 is 5.32 Å². The zero-order valence-corrected chi connectivity index (χ0v) is 18.8. The molecule has 0 unspecified atom stereocenters. The molecular formula is C24H28N4O4. The molecule has 0 fully saturated rings. The van der Waals surface area contributed by atoms with E-state index in [9.17, 15) is 9.59 Å². The van der Waals surface area contributed by atoms with E-state index in [1.807, 2.05) is 45.0 Å². The zero-order valence-electron chi connectivity index (χ0n) is 18.8. The number of imidazole rings is 1. The van der Waals surface area contributed by atoms with E-state index in [1.165, 1.54) is 12.7 Å². The number of rotatable bonds is 4. The van der Waals surface area contributed by atoms with Gasteiger partial charge in [-0.15, -0.1) is 0 Å². The van der Waals surface area contributed by atoms with E-state index >= 15 is 0 Å². The first kappa shape index (κ1) is 21.7. The number of amides is 1. The van der Waals surface area contributed by atoms with Crippen molar-refractivity contribution in [3.8, 4) is 0 Å². The normalized spacial score (nSPS) is 13.6. The average Bonchev–Trinajstić information content (AvgIpc) is 3.24. The predicted octanol–water partition coefficient (Wildman–Crippen LogP) is 4.03. The molecule has 1 amide bonds. The molecule has 0 radical (unpaired) electrons. The smallest absolute Gasteiger partial charge is 0.410 e. The number of fused-ring (bicyclic) bond motifs is 2. The van der Waals surface area contributed by atoms with Crippen LogP contribution in [0.4, 0.5) is 10.5 Å². The van der Waals surface area contributed by atoms with Gasteiger partial charge < -0.3 is 19.7 Å². The van der Waals surface area contributed by atoms with Gasteiger partial charge in [-0.1, -0.05) is 18.2 Å². The van der Waals surface area contributed by atoms with E-state index in [0.29, 0.717) is 36.7 Å². The summed E-state index contributed by atoms with van der Waals surface area (Å²) in [6.45, 7) is 7.22. The second-order valence-electron chi connectivity index (χ2n) is 8.80. The number of methoxy groups -OCH3 is 1. The Labute approximate surface area is 187 Å². The molecule has 168 valence electrons. The Kier molecular flexibility index (Phi) is 5.78. The fourth-order valence-corrected chi connectivity index (χ4v) is 3.93. The lowest BCUT2D eigenvalue weighted by atomic mass is 9.95. The van der Waals surface area contributed by atoms with Crippen molar-refractivity contribution in [1.29, 1.82) is 0 Å². The van der Waals surface area contributed by atoms with Gasteiger partial charge in [-0.3, -0.25) is 4.40 Å². The number of pyridine rings is 1. The van der Waals surface area contributed by atoms with Crippen LogP contribution in [0.25, 0.3) is 5.65 Å². The van der Waals surface area contributed by atoms with Crippen LogP contribution in [-0.2, 0) is 29.0 Å². The van der Waals surface area contributed by atoms with Crippen molar-refractivity contribution in [1.82, 2.24) is 14.3 Å². The molecule has 32 heavy (non-hydrogen) atoms. The van der Waals surface area contributed by atoms with Crippen molar-refractivity contribution < 1.29 is 19.1 Å². The summed E-state index contributed by atoms with van der Waals surface area (Å²) < 4.78 is 12.3. The van der Waals surface area contributed by atoms with Gasteiger partial charge in [0.05, 0.1) is 12.8 Å². The molecule has 1 aliphatic heterocycles. The Morgan fingerprint density at radius 3 is 2.75 bits per heavy atom. The Bertz CT molecular complexity index is 1160. The molecule has 8 heteroatoms.